The molecule has 0 saturated heterocycles. The second-order valence-corrected chi connectivity index (χ2v) is 8.19. The second kappa shape index (κ2) is 8.42. The van der Waals surface area contributed by atoms with Gasteiger partial charge in [0.25, 0.3) is 0 Å². The molecule has 1 N–H and O–H groups in total. The lowest BCUT2D eigenvalue weighted by atomic mass is 9.71. The molecule has 2 aromatic rings. The number of ether oxygens (including phenoxy) is 2. The van der Waals surface area contributed by atoms with E-state index >= 15 is 0 Å². The van der Waals surface area contributed by atoms with Gasteiger partial charge in [-0.05, 0) is 49.4 Å². The fourth-order valence-electron chi connectivity index (χ4n) is 4.62. The van der Waals surface area contributed by atoms with Crippen LogP contribution in [0.25, 0.3) is 0 Å². The highest BCUT2D eigenvalue weighted by molar-refractivity contribution is 6.04. The molecule has 0 bridgehead atoms. The van der Waals surface area contributed by atoms with Crippen LogP contribution in [0.4, 0.5) is 0 Å². The van der Waals surface area contributed by atoms with Crippen LogP contribution >= 0.6 is 0 Å². The first-order valence-corrected chi connectivity index (χ1v) is 10.5. The van der Waals surface area contributed by atoms with Crippen LogP contribution in [-0.4, -0.2) is 26.0 Å². The molecule has 0 radical (unpaired) electrons. The maximum Gasteiger partial charge on any atom is 0.336 e. The van der Waals surface area contributed by atoms with Gasteiger partial charge < -0.3 is 14.8 Å². The standard InChI is InChI=1S/C26H27NO4/c1-15-5-7-18(8-6-15)24-23(26(29)31-4)16(2)27-21-13-19(14-22(28)25(21)24)17-9-11-20(30-3)12-10-17/h5-12,19,24,27H,13-14H2,1-4H3/t19-,24+/m0/s1. The summed E-state index contributed by atoms with van der Waals surface area (Å²) in [6.45, 7) is 3.89. The SMILES string of the molecule is COC(=O)C1=C(C)NC2=C(C(=O)C[C@@H](c3ccc(OC)cc3)C2)[C@@H]1c1ccc(C)cc1. The number of hydrogen-bond acceptors (Lipinski definition) is 5. The molecular weight excluding hydrogens is 390 g/mol. The van der Waals surface area contributed by atoms with Gasteiger partial charge in [-0.25, -0.2) is 4.79 Å². The van der Waals surface area contributed by atoms with E-state index in [1.807, 2.05) is 62.4 Å². The number of benzene rings is 2. The minimum Gasteiger partial charge on any atom is -0.497 e. The van der Waals surface area contributed by atoms with Gasteiger partial charge >= 0.3 is 5.97 Å². The van der Waals surface area contributed by atoms with E-state index in [0.717, 1.165) is 33.8 Å². The number of allylic oxidation sites excluding steroid dienone is 3. The fraction of sp³-hybridized carbons (Fsp3) is 0.308. The Kier molecular flexibility index (Phi) is 5.68. The molecule has 5 heteroatoms. The zero-order valence-corrected chi connectivity index (χ0v) is 18.3. The third kappa shape index (κ3) is 3.88. The number of Topliss-reactive ketones (excluding diaryl/α,β-unsaturated/α-hetero) is 1. The van der Waals surface area contributed by atoms with Crippen LogP contribution in [0, 0.1) is 6.92 Å². The third-order valence-corrected chi connectivity index (χ3v) is 6.23. The predicted molar refractivity (Wildman–Crippen MR) is 119 cm³/mol. The maximum atomic E-state index is 13.5. The van der Waals surface area contributed by atoms with Crippen molar-refractivity contribution in [3.05, 3.63) is 87.8 Å². The van der Waals surface area contributed by atoms with Crippen molar-refractivity contribution in [2.75, 3.05) is 14.2 Å². The normalized spacial score (nSPS) is 20.8. The van der Waals surface area contributed by atoms with E-state index in [-0.39, 0.29) is 11.7 Å². The number of carbonyl (C=O) groups excluding carboxylic acids is 2. The maximum absolute atomic E-state index is 13.5. The number of rotatable bonds is 4. The summed E-state index contributed by atoms with van der Waals surface area (Å²) in [7, 11) is 3.02. The number of aryl methyl sites for hydroxylation is 1. The monoisotopic (exact) mass is 417 g/mol. The summed E-state index contributed by atoms with van der Waals surface area (Å²) in [6.07, 6.45) is 1.12. The molecule has 0 saturated carbocycles. The lowest BCUT2D eigenvalue weighted by Gasteiger charge is -2.36. The lowest BCUT2D eigenvalue weighted by Crippen LogP contribution is -2.36. The third-order valence-electron chi connectivity index (χ3n) is 6.23. The summed E-state index contributed by atoms with van der Waals surface area (Å²) in [5.41, 5.74) is 5.97. The van der Waals surface area contributed by atoms with Crippen LogP contribution in [-0.2, 0) is 14.3 Å². The van der Waals surface area contributed by atoms with Crippen LogP contribution in [0.3, 0.4) is 0 Å². The first kappa shape index (κ1) is 20.9. The number of dihydropyridines is 1. The lowest BCUT2D eigenvalue weighted by molar-refractivity contribution is -0.136. The number of esters is 1. The van der Waals surface area contributed by atoms with Crippen LogP contribution in [0.2, 0.25) is 0 Å². The van der Waals surface area contributed by atoms with Crippen LogP contribution < -0.4 is 10.1 Å². The molecule has 0 fully saturated rings. The molecule has 0 spiro atoms. The molecule has 160 valence electrons. The van der Waals surface area contributed by atoms with Gasteiger partial charge in [0.05, 0.1) is 19.8 Å². The highest BCUT2D eigenvalue weighted by atomic mass is 16.5. The molecule has 0 aromatic heterocycles. The van der Waals surface area contributed by atoms with E-state index in [1.54, 1.807) is 7.11 Å². The van der Waals surface area contributed by atoms with Gasteiger partial charge in [0.1, 0.15) is 5.75 Å². The summed E-state index contributed by atoms with van der Waals surface area (Å²) in [5, 5.41) is 3.36. The van der Waals surface area contributed by atoms with Crippen molar-refractivity contribution in [3.8, 4) is 5.75 Å². The molecule has 1 aliphatic heterocycles. The van der Waals surface area contributed by atoms with Crippen molar-refractivity contribution >= 4 is 11.8 Å². The van der Waals surface area contributed by atoms with Gasteiger partial charge in [0, 0.05) is 29.3 Å². The predicted octanol–water partition coefficient (Wildman–Crippen LogP) is 4.54. The first-order chi connectivity index (χ1) is 14.9. The molecule has 0 unspecified atom stereocenters. The number of ketones is 1. The van der Waals surface area contributed by atoms with Crippen molar-refractivity contribution < 1.29 is 19.1 Å². The van der Waals surface area contributed by atoms with Crippen LogP contribution in [0.15, 0.2) is 71.1 Å². The summed E-state index contributed by atoms with van der Waals surface area (Å²) in [4.78, 5) is 26.1. The number of hydrogen-bond donors (Lipinski definition) is 1. The molecule has 2 aromatic carbocycles. The van der Waals surface area contributed by atoms with Gasteiger partial charge in [-0.15, -0.1) is 0 Å². The number of carbonyl (C=O) groups is 2. The minimum atomic E-state index is -0.423. The second-order valence-electron chi connectivity index (χ2n) is 8.19. The molecule has 0 amide bonds. The Balaban J connectivity index is 1.76. The first-order valence-electron chi connectivity index (χ1n) is 10.5. The summed E-state index contributed by atoms with van der Waals surface area (Å²) < 4.78 is 10.3. The van der Waals surface area contributed by atoms with Crippen molar-refractivity contribution in [2.45, 2.75) is 38.5 Å². The average Bonchev–Trinajstić information content (AvgIpc) is 2.78. The van der Waals surface area contributed by atoms with Gasteiger partial charge in [0.15, 0.2) is 5.78 Å². The van der Waals surface area contributed by atoms with E-state index in [0.29, 0.717) is 24.0 Å². The van der Waals surface area contributed by atoms with E-state index in [9.17, 15) is 9.59 Å². The zero-order valence-electron chi connectivity index (χ0n) is 18.3. The van der Waals surface area contributed by atoms with Crippen molar-refractivity contribution in [1.82, 2.24) is 5.32 Å². The topological polar surface area (TPSA) is 64.6 Å². The van der Waals surface area contributed by atoms with Crippen molar-refractivity contribution in [1.29, 1.82) is 0 Å². The molecule has 1 aliphatic carbocycles. The Morgan fingerprint density at radius 2 is 1.58 bits per heavy atom. The Hall–Kier alpha value is -3.34. The molecule has 31 heavy (non-hydrogen) atoms. The molecular formula is C26H27NO4. The molecule has 4 rings (SSSR count). The highest BCUT2D eigenvalue weighted by Gasteiger charge is 2.41. The van der Waals surface area contributed by atoms with Gasteiger partial charge in [-0.2, -0.15) is 0 Å². The molecule has 5 nitrogen and oxygen atoms in total. The molecule has 2 atom stereocenters. The smallest absolute Gasteiger partial charge is 0.336 e. The summed E-state index contributed by atoms with van der Waals surface area (Å²) >= 11 is 0. The van der Waals surface area contributed by atoms with Crippen LogP contribution in [0.1, 0.15) is 48.3 Å². The van der Waals surface area contributed by atoms with Gasteiger partial charge in [-0.3, -0.25) is 4.79 Å². The van der Waals surface area contributed by atoms with Crippen LogP contribution in [0.5, 0.6) is 5.75 Å². The van der Waals surface area contributed by atoms with E-state index < -0.39 is 11.9 Å². The fourth-order valence-corrected chi connectivity index (χ4v) is 4.62. The largest absolute Gasteiger partial charge is 0.497 e. The molecule has 1 heterocycles. The highest BCUT2D eigenvalue weighted by Crippen LogP contribution is 2.45. The summed E-state index contributed by atoms with van der Waals surface area (Å²) in [5.74, 6) is 0.105. The van der Waals surface area contributed by atoms with Crippen molar-refractivity contribution in [3.63, 3.8) is 0 Å². The van der Waals surface area contributed by atoms with E-state index in [4.69, 9.17) is 9.47 Å². The summed E-state index contributed by atoms with van der Waals surface area (Å²) in [6, 6.07) is 15.9. The average molecular weight is 418 g/mol. The van der Waals surface area contributed by atoms with Gasteiger partial charge in [-0.1, -0.05) is 42.0 Å². The Morgan fingerprint density at radius 3 is 2.19 bits per heavy atom. The quantitative estimate of drug-likeness (QED) is 0.740. The van der Waals surface area contributed by atoms with E-state index in [1.165, 1.54) is 7.11 Å². The molecule has 2 aliphatic rings. The number of methoxy groups -OCH3 is 2. The Bertz CT molecular complexity index is 1080. The van der Waals surface area contributed by atoms with Gasteiger partial charge in [0.2, 0.25) is 0 Å². The Labute approximate surface area is 182 Å². The zero-order chi connectivity index (χ0) is 22.1. The van der Waals surface area contributed by atoms with Crippen molar-refractivity contribution in [2.24, 2.45) is 0 Å². The minimum absolute atomic E-state index is 0.0639. The Morgan fingerprint density at radius 1 is 0.935 bits per heavy atom. The van der Waals surface area contributed by atoms with E-state index in [2.05, 4.69) is 5.32 Å². The number of nitrogens with one attached hydrogen (secondary N) is 1.